The zero-order valence-corrected chi connectivity index (χ0v) is 16.6. The molecule has 0 atom stereocenters. The van der Waals surface area contributed by atoms with Gasteiger partial charge in [0.1, 0.15) is 17.8 Å². The van der Waals surface area contributed by atoms with Gasteiger partial charge in [-0.2, -0.15) is 4.98 Å². The van der Waals surface area contributed by atoms with Gasteiger partial charge in [0.15, 0.2) is 0 Å². The molecule has 1 N–H and O–H groups in total. The van der Waals surface area contributed by atoms with Crippen molar-refractivity contribution in [3.63, 3.8) is 0 Å². The second-order valence-electron chi connectivity index (χ2n) is 8.10. The van der Waals surface area contributed by atoms with Gasteiger partial charge in [-0.15, -0.1) is 0 Å². The maximum absolute atomic E-state index is 12.4. The summed E-state index contributed by atoms with van der Waals surface area (Å²) in [6.45, 7) is 7.46. The Morgan fingerprint density at radius 2 is 2.11 bits per heavy atom. The SMILES string of the molecule is CC(C)(NC(=O)Oc1ccc(N2CCCC2)c(OCC2CC2)n1)C1=NCCO1. The number of nitrogens with one attached hydrogen (secondary N) is 1. The molecule has 152 valence electrons. The Morgan fingerprint density at radius 1 is 1.32 bits per heavy atom. The third-order valence-electron chi connectivity index (χ3n) is 5.15. The maximum atomic E-state index is 12.4. The van der Waals surface area contributed by atoms with Crippen LogP contribution in [0.1, 0.15) is 39.5 Å². The number of ether oxygens (including phenoxy) is 3. The number of rotatable bonds is 7. The standard InChI is InChI=1S/C20H28N4O4/c1-20(2,18-21-9-12-26-18)23-19(25)28-16-8-7-15(24-10-3-4-11-24)17(22-16)27-13-14-5-6-14/h7-8,14H,3-6,9-13H2,1-2H3,(H,23,25). The number of pyridine rings is 1. The van der Waals surface area contributed by atoms with Gasteiger partial charge in [0, 0.05) is 19.2 Å². The van der Waals surface area contributed by atoms with Crippen LogP contribution in [0.25, 0.3) is 0 Å². The summed E-state index contributed by atoms with van der Waals surface area (Å²) in [4.78, 5) is 23.4. The molecule has 2 aliphatic heterocycles. The van der Waals surface area contributed by atoms with Gasteiger partial charge < -0.3 is 24.4 Å². The lowest BCUT2D eigenvalue weighted by atomic mass is 10.1. The van der Waals surface area contributed by atoms with E-state index >= 15 is 0 Å². The van der Waals surface area contributed by atoms with E-state index in [4.69, 9.17) is 14.2 Å². The summed E-state index contributed by atoms with van der Waals surface area (Å²) >= 11 is 0. The monoisotopic (exact) mass is 388 g/mol. The first-order valence-corrected chi connectivity index (χ1v) is 10.1. The van der Waals surface area contributed by atoms with Crippen molar-refractivity contribution in [1.82, 2.24) is 10.3 Å². The van der Waals surface area contributed by atoms with Crippen LogP contribution in [-0.4, -0.2) is 55.4 Å². The van der Waals surface area contributed by atoms with Crippen molar-refractivity contribution in [2.45, 2.75) is 45.1 Å². The maximum Gasteiger partial charge on any atom is 0.414 e. The van der Waals surface area contributed by atoms with Crippen LogP contribution in [0.2, 0.25) is 0 Å². The topological polar surface area (TPSA) is 85.3 Å². The summed E-state index contributed by atoms with van der Waals surface area (Å²) in [6.07, 6.45) is 4.16. The molecule has 28 heavy (non-hydrogen) atoms. The van der Waals surface area contributed by atoms with Crippen molar-refractivity contribution in [3.05, 3.63) is 12.1 Å². The van der Waals surface area contributed by atoms with Gasteiger partial charge >= 0.3 is 6.09 Å². The highest BCUT2D eigenvalue weighted by Crippen LogP contribution is 2.34. The van der Waals surface area contributed by atoms with E-state index in [2.05, 4.69) is 20.2 Å². The minimum atomic E-state index is -0.742. The predicted molar refractivity (Wildman–Crippen MR) is 105 cm³/mol. The highest BCUT2D eigenvalue weighted by molar-refractivity contribution is 5.90. The summed E-state index contributed by atoms with van der Waals surface area (Å²) in [7, 11) is 0. The van der Waals surface area contributed by atoms with E-state index in [1.165, 1.54) is 25.7 Å². The molecule has 1 amide bonds. The number of nitrogens with zero attached hydrogens (tertiary/aromatic N) is 3. The molecule has 4 rings (SSSR count). The number of anilines is 1. The fourth-order valence-electron chi connectivity index (χ4n) is 3.40. The van der Waals surface area contributed by atoms with Crippen LogP contribution in [0, 0.1) is 5.92 Å². The minimum absolute atomic E-state index is 0.219. The lowest BCUT2D eigenvalue weighted by Gasteiger charge is -2.25. The van der Waals surface area contributed by atoms with Crippen LogP contribution in [0.15, 0.2) is 17.1 Å². The van der Waals surface area contributed by atoms with Crippen LogP contribution in [0.5, 0.6) is 11.8 Å². The Balaban J connectivity index is 1.44. The van der Waals surface area contributed by atoms with Gasteiger partial charge in [-0.25, -0.2) is 4.79 Å². The largest absolute Gasteiger partial charge is 0.477 e. The number of carbonyl (C=O) groups excluding carboxylic acids is 1. The molecule has 3 aliphatic rings. The highest BCUT2D eigenvalue weighted by Gasteiger charge is 2.32. The quantitative estimate of drug-likeness (QED) is 0.773. The van der Waals surface area contributed by atoms with Gasteiger partial charge in [0.05, 0.1) is 13.2 Å². The molecule has 0 radical (unpaired) electrons. The molecule has 0 bridgehead atoms. The summed E-state index contributed by atoms with van der Waals surface area (Å²) in [5, 5.41) is 2.79. The van der Waals surface area contributed by atoms with Crippen LogP contribution in [0.3, 0.4) is 0 Å². The first kappa shape index (κ1) is 18.8. The lowest BCUT2D eigenvalue weighted by molar-refractivity contribution is 0.188. The molecule has 1 saturated heterocycles. The summed E-state index contributed by atoms with van der Waals surface area (Å²) < 4.78 is 16.9. The zero-order chi connectivity index (χ0) is 19.6. The first-order valence-electron chi connectivity index (χ1n) is 10.1. The Kier molecular flexibility index (Phi) is 5.28. The third-order valence-corrected chi connectivity index (χ3v) is 5.15. The lowest BCUT2D eigenvalue weighted by Crippen LogP contribution is -2.51. The van der Waals surface area contributed by atoms with Gasteiger partial charge in [0.25, 0.3) is 0 Å². The van der Waals surface area contributed by atoms with E-state index < -0.39 is 11.6 Å². The molecule has 0 spiro atoms. The van der Waals surface area contributed by atoms with Crippen LogP contribution >= 0.6 is 0 Å². The molecule has 0 unspecified atom stereocenters. The highest BCUT2D eigenvalue weighted by atomic mass is 16.6. The predicted octanol–water partition coefficient (Wildman–Crippen LogP) is 2.77. The molecule has 2 fully saturated rings. The van der Waals surface area contributed by atoms with Gasteiger partial charge in [-0.05, 0) is 51.5 Å². The van der Waals surface area contributed by atoms with Crippen molar-refractivity contribution in [2.24, 2.45) is 10.9 Å². The first-order chi connectivity index (χ1) is 13.5. The molecule has 1 aliphatic carbocycles. The van der Waals surface area contributed by atoms with Crippen LogP contribution in [0.4, 0.5) is 10.5 Å². The average molecular weight is 388 g/mol. The molecule has 8 heteroatoms. The Bertz CT molecular complexity index is 755. The summed E-state index contributed by atoms with van der Waals surface area (Å²) in [5.74, 6) is 1.89. The van der Waals surface area contributed by atoms with E-state index in [-0.39, 0.29) is 5.88 Å². The smallest absolute Gasteiger partial charge is 0.414 e. The minimum Gasteiger partial charge on any atom is -0.477 e. The number of carbonyl (C=O) groups is 1. The van der Waals surface area contributed by atoms with E-state index in [0.717, 1.165) is 18.8 Å². The number of hydrogen-bond donors (Lipinski definition) is 1. The molecule has 1 aromatic heterocycles. The second kappa shape index (κ2) is 7.85. The van der Waals surface area contributed by atoms with E-state index in [1.807, 2.05) is 19.9 Å². The zero-order valence-electron chi connectivity index (χ0n) is 16.6. The fraction of sp³-hybridized carbons (Fsp3) is 0.650. The van der Waals surface area contributed by atoms with Crippen molar-refractivity contribution in [2.75, 3.05) is 37.7 Å². The Morgan fingerprint density at radius 3 is 2.79 bits per heavy atom. The van der Waals surface area contributed by atoms with Crippen molar-refractivity contribution in [1.29, 1.82) is 0 Å². The van der Waals surface area contributed by atoms with Crippen molar-refractivity contribution < 1.29 is 19.0 Å². The number of hydrogen-bond acceptors (Lipinski definition) is 7. The summed E-state index contributed by atoms with van der Waals surface area (Å²) in [6, 6.07) is 3.65. The van der Waals surface area contributed by atoms with E-state index in [9.17, 15) is 4.79 Å². The molecule has 3 heterocycles. The second-order valence-corrected chi connectivity index (χ2v) is 8.10. The molecule has 0 aromatic carbocycles. The Labute approximate surface area is 165 Å². The van der Waals surface area contributed by atoms with E-state index in [0.29, 0.717) is 37.5 Å². The fourth-order valence-corrected chi connectivity index (χ4v) is 3.40. The van der Waals surface area contributed by atoms with Gasteiger partial charge in [-0.1, -0.05) is 0 Å². The molecule has 8 nitrogen and oxygen atoms in total. The molecule has 1 aromatic rings. The molecular weight excluding hydrogens is 360 g/mol. The van der Waals surface area contributed by atoms with Crippen molar-refractivity contribution in [3.8, 4) is 11.8 Å². The normalized spacial score (nSPS) is 19.2. The third kappa shape index (κ3) is 4.48. The van der Waals surface area contributed by atoms with Gasteiger partial charge in [0.2, 0.25) is 17.7 Å². The van der Waals surface area contributed by atoms with Crippen LogP contribution < -0.4 is 19.7 Å². The van der Waals surface area contributed by atoms with Gasteiger partial charge in [-0.3, -0.25) is 4.99 Å². The number of amides is 1. The van der Waals surface area contributed by atoms with Crippen molar-refractivity contribution >= 4 is 17.7 Å². The number of aliphatic imine (C=N–C) groups is 1. The summed E-state index contributed by atoms with van der Waals surface area (Å²) in [5.41, 5.74) is 0.230. The molecule has 1 saturated carbocycles. The average Bonchev–Trinajstić information content (AvgIpc) is 3.12. The van der Waals surface area contributed by atoms with E-state index in [1.54, 1.807) is 6.07 Å². The molecular formula is C20H28N4O4. The van der Waals surface area contributed by atoms with Crippen LogP contribution in [-0.2, 0) is 4.74 Å². The Hall–Kier alpha value is -2.51. The number of aromatic nitrogens is 1.